The van der Waals surface area contributed by atoms with E-state index in [-0.39, 0.29) is 5.91 Å². The number of amides is 1. The minimum absolute atomic E-state index is 0.150. The van der Waals surface area contributed by atoms with Crippen molar-refractivity contribution >= 4 is 34.6 Å². The molecule has 0 bridgehead atoms. The van der Waals surface area contributed by atoms with Gasteiger partial charge in [-0.25, -0.2) is 0 Å². The Kier molecular flexibility index (Phi) is 6.43. The lowest BCUT2D eigenvalue weighted by Gasteiger charge is -2.37. The van der Waals surface area contributed by atoms with Crippen molar-refractivity contribution in [3.63, 3.8) is 0 Å². The molecule has 0 aliphatic carbocycles. The van der Waals surface area contributed by atoms with Crippen LogP contribution in [0.1, 0.15) is 24.5 Å². The van der Waals surface area contributed by atoms with Crippen molar-refractivity contribution in [3.8, 4) is 5.75 Å². The fourth-order valence-electron chi connectivity index (χ4n) is 3.62. The quantitative estimate of drug-likeness (QED) is 0.662. The predicted octanol–water partition coefficient (Wildman–Crippen LogP) is 4.58. The first kappa shape index (κ1) is 20.5. The molecule has 2 aromatic rings. The molecule has 5 nitrogen and oxygen atoms in total. The van der Waals surface area contributed by atoms with Crippen molar-refractivity contribution < 1.29 is 9.53 Å². The molecule has 1 amide bonds. The molecule has 0 radical (unpaired) electrons. The van der Waals surface area contributed by atoms with E-state index in [2.05, 4.69) is 52.9 Å². The molecule has 0 N–H and O–H groups in total. The average molecular weight is 422 g/mol. The first-order valence-electron chi connectivity index (χ1n) is 10.4. The lowest BCUT2D eigenvalue weighted by atomic mass is 10.1. The van der Waals surface area contributed by atoms with E-state index in [4.69, 9.17) is 4.74 Å². The van der Waals surface area contributed by atoms with E-state index < -0.39 is 0 Å². The summed E-state index contributed by atoms with van der Waals surface area (Å²) >= 11 is 1.48. The van der Waals surface area contributed by atoms with Gasteiger partial charge < -0.3 is 14.5 Å². The molecular formula is C24H27N3O2S. The zero-order chi connectivity index (χ0) is 20.9. The van der Waals surface area contributed by atoms with Crippen LogP contribution in [0.5, 0.6) is 5.75 Å². The van der Waals surface area contributed by atoms with Gasteiger partial charge in [-0.2, -0.15) is 4.99 Å². The van der Waals surface area contributed by atoms with Crippen LogP contribution in [-0.4, -0.2) is 48.8 Å². The van der Waals surface area contributed by atoms with Gasteiger partial charge in [-0.1, -0.05) is 37.3 Å². The predicted molar refractivity (Wildman–Crippen MR) is 125 cm³/mol. The van der Waals surface area contributed by atoms with Gasteiger partial charge in [0.05, 0.1) is 11.5 Å². The number of hydrogen-bond donors (Lipinski definition) is 0. The van der Waals surface area contributed by atoms with Gasteiger partial charge in [0.25, 0.3) is 5.91 Å². The van der Waals surface area contributed by atoms with Gasteiger partial charge in [0.2, 0.25) is 0 Å². The van der Waals surface area contributed by atoms with Crippen molar-refractivity contribution in [2.24, 2.45) is 4.99 Å². The first-order chi connectivity index (χ1) is 14.6. The van der Waals surface area contributed by atoms with Crippen LogP contribution in [0.2, 0.25) is 0 Å². The monoisotopic (exact) mass is 421 g/mol. The van der Waals surface area contributed by atoms with Gasteiger partial charge in [0.1, 0.15) is 5.75 Å². The second-order valence-electron chi connectivity index (χ2n) is 7.49. The van der Waals surface area contributed by atoms with Crippen molar-refractivity contribution in [2.45, 2.75) is 20.3 Å². The maximum atomic E-state index is 12.4. The lowest BCUT2D eigenvalue weighted by Crippen LogP contribution is -2.48. The van der Waals surface area contributed by atoms with Crippen LogP contribution >= 0.6 is 11.8 Å². The summed E-state index contributed by atoms with van der Waals surface area (Å²) in [4.78, 5) is 22.1. The number of nitrogens with zero attached hydrogens (tertiary/aromatic N) is 3. The molecule has 0 atom stereocenters. The maximum absolute atomic E-state index is 12.4. The number of thioether (sulfide) groups is 1. The Bertz CT molecular complexity index is 961. The zero-order valence-electron chi connectivity index (χ0n) is 17.5. The molecule has 4 rings (SSSR count). The van der Waals surface area contributed by atoms with Crippen LogP contribution in [0, 0.1) is 6.92 Å². The highest BCUT2D eigenvalue weighted by Gasteiger charge is 2.28. The van der Waals surface area contributed by atoms with Crippen LogP contribution in [0.25, 0.3) is 6.08 Å². The standard InChI is InChI=1S/C24H27N3O2S/c1-3-16-29-20-10-8-19(9-11-20)17-22-23(28)25-24(30-22)27-14-12-26(13-15-27)21-7-5-4-6-18(21)2/h4-11,17H,3,12-16H2,1-2H3. The fraction of sp³-hybridized carbons (Fsp3) is 0.333. The zero-order valence-corrected chi connectivity index (χ0v) is 18.3. The van der Waals surface area contributed by atoms with Gasteiger partial charge in [0.15, 0.2) is 5.17 Å². The van der Waals surface area contributed by atoms with E-state index in [1.54, 1.807) is 0 Å². The molecular weight excluding hydrogens is 394 g/mol. The van der Waals surface area contributed by atoms with Crippen LogP contribution in [-0.2, 0) is 4.79 Å². The number of carbonyl (C=O) groups excluding carboxylic acids is 1. The molecule has 2 aliphatic rings. The Hall–Kier alpha value is -2.73. The molecule has 30 heavy (non-hydrogen) atoms. The number of aryl methyl sites for hydroxylation is 1. The van der Waals surface area contributed by atoms with Crippen LogP contribution in [0.3, 0.4) is 0 Å². The SMILES string of the molecule is CCCOc1ccc(C=C2SC(N3CCN(c4ccccc4C)CC3)=NC2=O)cc1. The molecule has 0 aromatic heterocycles. The van der Waals surface area contributed by atoms with Crippen molar-refractivity contribution in [1.82, 2.24) is 4.90 Å². The highest BCUT2D eigenvalue weighted by molar-refractivity contribution is 8.18. The summed E-state index contributed by atoms with van der Waals surface area (Å²) in [6.45, 7) is 8.53. The maximum Gasteiger partial charge on any atom is 0.286 e. The normalized spacial score (nSPS) is 18.1. The van der Waals surface area contributed by atoms with E-state index in [1.165, 1.54) is 23.0 Å². The molecule has 2 heterocycles. The van der Waals surface area contributed by atoms with E-state index in [0.717, 1.165) is 49.1 Å². The molecule has 6 heteroatoms. The molecule has 1 fully saturated rings. The summed E-state index contributed by atoms with van der Waals surface area (Å²) in [6.07, 6.45) is 2.90. The number of piperazine rings is 1. The number of benzene rings is 2. The topological polar surface area (TPSA) is 45.1 Å². The van der Waals surface area contributed by atoms with Crippen molar-refractivity contribution in [3.05, 3.63) is 64.6 Å². The van der Waals surface area contributed by atoms with Crippen LogP contribution in [0.15, 0.2) is 58.4 Å². The molecule has 2 aromatic carbocycles. The number of hydrogen-bond acceptors (Lipinski definition) is 5. The van der Waals surface area contributed by atoms with Gasteiger partial charge in [0, 0.05) is 31.9 Å². The van der Waals surface area contributed by atoms with Gasteiger partial charge in [-0.05, 0) is 60.5 Å². The number of para-hydroxylation sites is 1. The highest BCUT2D eigenvalue weighted by Crippen LogP contribution is 2.31. The molecule has 1 saturated heterocycles. The Morgan fingerprint density at radius 1 is 1.03 bits per heavy atom. The third kappa shape index (κ3) is 4.70. The van der Waals surface area contributed by atoms with Gasteiger partial charge in [-0.3, -0.25) is 4.79 Å². The van der Waals surface area contributed by atoms with Crippen LogP contribution in [0.4, 0.5) is 5.69 Å². The molecule has 2 aliphatic heterocycles. The van der Waals surface area contributed by atoms with E-state index in [9.17, 15) is 4.79 Å². The second kappa shape index (κ2) is 9.39. The number of rotatable bonds is 5. The minimum atomic E-state index is -0.150. The van der Waals surface area contributed by atoms with E-state index in [0.29, 0.717) is 11.5 Å². The van der Waals surface area contributed by atoms with Crippen LogP contribution < -0.4 is 9.64 Å². The molecule has 0 unspecified atom stereocenters. The van der Waals surface area contributed by atoms with E-state index in [1.807, 2.05) is 30.3 Å². The molecule has 0 saturated carbocycles. The summed E-state index contributed by atoms with van der Waals surface area (Å²) in [5.41, 5.74) is 3.57. The number of carbonyl (C=O) groups is 1. The number of ether oxygens (including phenoxy) is 1. The number of aliphatic imine (C=N–C) groups is 1. The van der Waals surface area contributed by atoms with E-state index >= 15 is 0 Å². The Morgan fingerprint density at radius 3 is 2.43 bits per heavy atom. The minimum Gasteiger partial charge on any atom is -0.494 e. The largest absolute Gasteiger partial charge is 0.494 e. The summed E-state index contributed by atoms with van der Waals surface area (Å²) in [5.74, 6) is 0.704. The summed E-state index contributed by atoms with van der Waals surface area (Å²) in [5, 5.41) is 0.818. The summed E-state index contributed by atoms with van der Waals surface area (Å²) in [7, 11) is 0. The third-order valence-electron chi connectivity index (χ3n) is 5.27. The van der Waals surface area contributed by atoms with Gasteiger partial charge >= 0.3 is 0 Å². The lowest BCUT2D eigenvalue weighted by molar-refractivity contribution is -0.113. The Balaban J connectivity index is 1.36. The fourth-order valence-corrected chi connectivity index (χ4v) is 4.59. The molecule has 156 valence electrons. The second-order valence-corrected chi connectivity index (χ2v) is 8.50. The highest BCUT2D eigenvalue weighted by atomic mass is 32.2. The summed E-state index contributed by atoms with van der Waals surface area (Å²) < 4.78 is 5.62. The number of amidine groups is 1. The third-order valence-corrected chi connectivity index (χ3v) is 6.31. The first-order valence-corrected chi connectivity index (χ1v) is 11.3. The Morgan fingerprint density at radius 2 is 1.73 bits per heavy atom. The Labute approximate surface area is 182 Å². The average Bonchev–Trinajstić information content (AvgIpc) is 3.14. The number of anilines is 1. The van der Waals surface area contributed by atoms with Gasteiger partial charge in [-0.15, -0.1) is 0 Å². The summed E-state index contributed by atoms with van der Waals surface area (Å²) in [6, 6.07) is 16.3. The van der Waals surface area contributed by atoms with Crippen molar-refractivity contribution in [2.75, 3.05) is 37.7 Å². The molecule has 0 spiro atoms. The smallest absolute Gasteiger partial charge is 0.286 e. The van der Waals surface area contributed by atoms with Crippen molar-refractivity contribution in [1.29, 1.82) is 0 Å².